The van der Waals surface area contributed by atoms with Crippen LogP contribution in [0.5, 0.6) is 0 Å². The van der Waals surface area contributed by atoms with Crippen molar-refractivity contribution < 1.29 is 8.42 Å². The van der Waals surface area contributed by atoms with Crippen molar-refractivity contribution in [3.8, 4) is 0 Å². The standard InChI is InChI=1S/C19H28N4O2S/c1-4-17-6-8-19(9-7-17)26(24,25)22-12-10-21(11-13-22)15-18-14-20-23(5-2)16(18)3/h6-9,14H,4-5,10-13,15H2,1-3H3. The highest BCUT2D eigenvalue weighted by Crippen LogP contribution is 2.20. The van der Waals surface area contributed by atoms with Crippen LogP contribution in [0.15, 0.2) is 35.4 Å². The zero-order chi connectivity index (χ0) is 18.7. The molecule has 1 fully saturated rings. The van der Waals surface area contributed by atoms with Gasteiger partial charge >= 0.3 is 0 Å². The lowest BCUT2D eigenvalue weighted by Crippen LogP contribution is -2.48. The molecule has 0 spiro atoms. The zero-order valence-corrected chi connectivity index (χ0v) is 16.7. The molecule has 1 aromatic heterocycles. The van der Waals surface area contributed by atoms with E-state index in [1.165, 1.54) is 11.3 Å². The number of nitrogens with zero attached hydrogens (tertiary/aromatic N) is 4. The molecule has 3 rings (SSSR count). The van der Waals surface area contributed by atoms with Gasteiger partial charge in [-0.25, -0.2) is 8.42 Å². The van der Waals surface area contributed by atoms with Crippen LogP contribution in [-0.2, 0) is 29.5 Å². The molecule has 1 aliphatic rings. The number of piperazine rings is 1. The van der Waals surface area contributed by atoms with Gasteiger partial charge in [-0.05, 0) is 38.0 Å². The highest BCUT2D eigenvalue weighted by molar-refractivity contribution is 7.89. The summed E-state index contributed by atoms with van der Waals surface area (Å²) in [6.45, 7) is 10.5. The SMILES string of the molecule is CCc1ccc(S(=O)(=O)N2CCN(Cc3cnn(CC)c3C)CC2)cc1. The number of rotatable bonds is 6. The monoisotopic (exact) mass is 376 g/mol. The Morgan fingerprint density at radius 3 is 2.23 bits per heavy atom. The van der Waals surface area contributed by atoms with Gasteiger partial charge in [0.1, 0.15) is 0 Å². The van der Waals surface area contributed by atoms with E-state index in [2.05, 4.69) is 30.8 Å². The van der Waals surface area contributed by atoms with Crippen molar-refractivity contribution >= 4 is 10.0 Å². The summed E-state index contributed by atoms with van der Waals surface area (Å²) in [7, 11) is -3.40. The number of sulfonamides is 1. The molecule has 1 aliphatic heterocycles. The number of aromatic nitrogens is 2. The van der Waals surface area contributed by atoms with E-state index in [-0.39, 0.29) is 0 Å². The van der Waals surface area contributed by atoms with E-state index >= 15 is 0 Å². The number of hydrogen-bond donors (Lipinski definition) is 0. The van der Waals surface area contributed by atoms with Gasteiger partial charge in [-0.2, -0.15) is 9.40 Å². The first-order valence-corrected chi connectivity index (χ1v) is 10.7. The Labute approximate surface area is 156 Å². The van der Waals surface area contributed by atoms with E-state index < -0.39 is 10.0 Å². The van der Waals surface area contributed by atoms with E-state index in [9.17, 15) is 8.42 Å². The number of hydrogen-bond acceptors (Lipinski definition) is 4. The number of aryl methyl sites for hydroxylation is 2. The van der Waals surface area contributed by atoms with Crippen molar-refractivity contribution in [2.24, 2.45) is 0 Å². The molecular weight excluding hydrogens is 348 g/mol. The quantitative estimate of drug-likeness (QED) is 0.776. The van der Waals surface area contributed by atoms with Gasteiger partial charge in [-0.1, -0.05) is 19.1 Å². The van der Waals surface area contributed by atoms with Crippen molar-refractivity contribution in [1.29, 1.82) is 0 Å². The van der Waals surface area contributed by atoms with Gasteiger partial charge < -0.3 is 0 Å². The van der Waals surface area contributed by atoms with Gasteiger partial charge in [0, 0.05) is 50.5 Å². The minimum atomic E-state index is -3.40. The van der Waals surface area contributed by atoms with Gasteiger partial charge in [0.2, 0.25) is 10.0 Å². The minimum Gasteiger partial charge on any atom is -0.296 e. The van der Waals surface area contributed by atoms with Crippen LogP contribution in [0.1, 0.15) is 30.7 Å². The van der Waals surface area contributed by atoms with E-state index in [4.69, 9.17) is 0 Å². The van der Waals surface area contributed by atoms with Crippen molar-refractivity contribution in [3.05, 3.63) is 47.3 Å². The number of benzene rings is 1. The van der Waals surface area contributed by atoms with Crippen LogP contribution in [-0.4, -0.2) is 53.6 Å². The Morgan fingerprint density at radius 2 is 1.69 bits per heavy atom. The summed E-state index contributed by atoms with van der Waals surface area (Å²) in [5, 5.41) is 4.39. The van der Waals surface area contributed by atoms with Crippen LogP contribution in [0, 0.1) is 6.92 Å². The van der Waals surface area contributed by atoms with Gasteiger partial charge in [0.05, 0.1) is 11.1 Å². The van der Waals surface area contributed by atoms with Gasteiger partial charge in [0.15, 0.2) is 0 Å². The molecule has 2 aromatic rings. The highest BCUT2D eigenvalue weighted by Gasteiger charge is 2.28. The van der Waals surface area contributed by atoms with E-state index in [1.807, 2.05) is 23.0 Å². The smallest absolute Gasteiger partial charge is 0.243 e. The molecule has 142 valence electrons. The van der Waals surface area contributed by atoms with E-state index in [0.29, 0.717) is 18.0 Å². The third-order valence-electron chi connectivity index (χ3n) is 5.20. The molecule has 2 heterocycles. The lowest BCUT2D eigenvalue weighted by molar-refractivity contribution is 0.181. The summed E-state index contributed by atoms with van der Waals surface area (Å²) < 4.78 is 29.3. The second-order valence-corrected chi connectivity index (χ2v) is 8.69. The molecule has 0 aliphatic carbocycles. The Bertz CT molecular complexity index is 835. The van der Waals surface area contributed by atoms with Crippen molar-refractivity contribution in [2.45, 2.75) is 45.2 Å². The summed E-state index contributed by atoms with van der Waals surface area (Å²) in [6.07, 6.45) is 2.84. The third kappa shape index (κ3) is 3.84. The fourth-order valence-corrected chi connectivity index (χ4v) is 4.80. The molecule has 0 atom stereocenters. The lowest BCUT2D eigenvalue weighted by atomic mass is 10.2. The fraction of sp³-hybridized carbons (Fsp3) is 0.526. The van der Waals surface area contributed by atoms with Crippen molar-refractivity contribution in [1.82, 2.24) is 19.0 Å². The Kier molecular flexibility index (Phi) is 5.79. The first-order chi connectivity index (χ1) is 12.5. The average Bonchev–Trinajstić information content (AvgIpc) is 3.02. The molecule has 0 amide bonds. The fourth-order valence-electron chi connectivity index (χ4n) is 3.37. The Morgan fingerprint density at radius 1 is 1.04 bits per heavy atom. The van der Waals surface area contributed by atoms with Crippen molar-refractivity contribution in [3.63, 3.8) is 0 Å². The minimum absolute atomic E-state index is 0.392. The third-order valence-corrected chi connectivity index (χ3v) is 7.11. The summed E-state index contributed by atoms with van der Waals surface area (Å²) in [4.78, 5) is 2.69. The zero-order valence-electron chi connectivity index (χ0n) is 15.9. The van der Waals surface area contributed by atoms with Crippen LogP contribution in [0.3, 0.4) is 0 Å². The molecule has 0 N–H and O–H groups in total. The maximum absolute atomic E-state index is 12.8. The van der Waals surface area contributed by atoms with Crippen LogP contribution in [0.25, 0.3) is 0 Å². The Hall–Kier alpha value is -1.70. The molecule has 26 heavy (non-hydrogen) atoms. The normalized spacial score (nSPS) is 16.9. The Balaban J connectivity index is 1.62. The summed E-state index contributed by atoms with van der Waals surface area (Å²) in [6, 6.07) is 7.25. The van der Waals surface area contributed by atoms with Crippen LogP contribution >= 0.6 is 0 Å². The molecule has 0 saturated carbocycles. The topological polar surface area (TPSA) is 58.4 Å². The maximum Gasteiger partial charge on any atom is 0.243 e. The summed E-state index contributed by atoms with van der Waals surface area (Å²) >= 11 is 0. The first-order valence-electron chi connectivity index (χ1n) is 9.28. The molecule has 0 unspecified atom stereocenters. The molecule has 6 nitrogen and oxygen atoms in total. The second kappa shape index (κ2) is 7.90. The summed E-state index contributed by atoms with van der Waals surface area (Å²) in [5.41, 5.74) is 3.56. The predicted molar refractivity (Wildman–Crippen MR) is 102 cm³/mol. The van der Waals surface area contributed by atoms with Crippen LogP contribution < -0.4 is 0 Å². The highest BCUT2D eigenvalue weighted by atomic mass is 32.2. The molecule has 1 saturated heterocycles. The van der Waals surface area contributed by atoms with E-state index in [0.717, 1.165) is 38.2 Å². The molecule has 1 aromatic carbocycles. The average molecular weight is 377 g/mol. The maximum atomic E-state index is 12.8. The summed E-state index contributed by atoms with van der Waals surface area (Å²) in [5.74, 6) is 0. The first kappa shape index (κ1) is 19.1. The largest absolute Gasteiger partial charge is 0.296 e. The molecular formula is C19H28N4O2S. The van der Waals surface area contributed by atoms with Gasteiger partial charge in [-0.3, -0.25) is 9.58 Å². The van der Waals surface area contributed by atoms with Crippen molar-refractivity contribution in [2.75, 3.05) is 26.2 Å². The lowest BCUT2D eigenvalue weighted by Gasteiger charge is -2.33. The second-order valence-electron chi connectivity index (χ2n) is 6.75. The molecule has 0 bridgehead atoms. The molecule has 0 radical (unpaired) electrons. The van der Waals surface area contributed by atoms with E-state index in [1.54, 1.807) is 16.4 Å². The van der Waals surface area contributed by atoms with Gasteiger partial charge in [-0.15, -0.1) is 0 Å². The molecule has 7 heteroatoms. The van der Waals surface area contributed by atoms with Gasteiger partial charge in [0.25, 0.3) is 0 Å². The van der Waals surface area contributed by atoms with Crippen LogP contribution in [0.4, 0.5) is 0 Å². The predicted octanol–water partition coefficient (Wildman–Crippen LogP) is 2.28. The van der Waals surface area contributed by atoms with Crippen LogP contribution in [0.2, 0.25) is 0 Å².